The van der Waals surface area contributed by atoms with Gasteiger partial charge >= 0.3 is 0 Å². The number of carbonyl (C=O) groups is 1. The summed E-state index contributed by atoms with van der Waals surface area (Å²) in [6, 6.07) is 7.14. The number of Topliss-reactive ketones (excluding diaryl/α,β-unsaturated/α-hetero) is 1. The highest BCUT2D eigenvalue weighted by molar-refractivity contribution is 6.30. The lowest BCUT2D eigenvalue weighted by Crippen LogP contribution is -2.12. The lowest BCUT2D eigenvalue weighted by atomic mass is 9.95. The van der Waals surface area contributed by atoms with E-state index in [0.29, 0.717) is 10.8 Å². The molecule has 0 amide bonds. The minimum absolute atomic E-state index is 0.0130. The van der Waals surface area contributed by atoms with E-state index in [2.05, 4.69) is 15.2 Å². The maximum Gasteiger partial charge on any atom is 0.144 e. The van der Waals surface area contributed by atoms with Gasteiger partial charge in [-0.2, -0.15) is 5.10 Å². The number of nitrogens with one attached hydrogen (secondary N) is 1. The molecule has 1 N–H and O–H groups in total. The van der Waals surface area contributed by atoms with Crippen molar-refractivity contribution in [2.45, 2.75) is 12.8 Å². The van der Waals surface area contributed by atoms with E-state index in [9.17, 15) is 4.79 Å². The van der Waals surface area contributed by atoms with Gasteiger partial charge in [-0.05, 0) is 24.6 Å². The Bertz CT molecular complexity index is 478. The van der Waals surface area contributed by atoms with Crippen LogP contribution in [-0.2, 0) is 4.79 Å². The maximum absolute atomic E-state index is 11.6. The minimum Gasteiger partial charge on any atom is -0.299 e. The van der Waals surface area contributed by atoms with Crippen molar-refractivity contribution in [2.24, 2.45) is 0 Å². The predicted octanol–water partition coefficient (Wildman–Crippen LogP) is 2.18. The molecule has 0 radical (unpaired) electrons. The summed E-state index contributed by atoms with van der Waals surface area (Å²) < 4.78 is 0. The molecule has 0 spiro atoms. The third kappa shape index (κ3) is 2.12. The van der Waals surface area contributed by atoms with E-state index < -0.39 is 5.92 Å². The number of H-pyrrole nitrogens is 1. The van der Waals surface area contributed by atoms with Gasteiger partial charge in [0.05, 0.1) is 0 Å². The van der Waals surface area contributed by atoms with Crippen molar-refractivity contribution in [3.05, 3.63) is 47.0 Å². The second-order valence-electron chi connectivity index (χ2n) is 3.47. The second kappa shape index (κ2) is 4.45. The number of aromatic amines is 1. The average molecular weight is 236 g/mol. The summed E-state index contributed by atoms with van der Waals surface area (Å²) in [5.74, 6) is 0.161. The molecule has 1 heterocycles. The number of hydrogen-bond acceptors (Lipinski definition) is 3. The van der Waals surface area contributed by atoms with E-state index in [-0.39, 0.29) is 5.78 Å². The van der Waals surface area contributed by atoms with Gasteiger partial charge in [0.2, 0.25) is 0 Å². The lowest BCUT2D eigenvalue weighted by molar-refractivity contribution is -0.117. The number of ketones is 1. The minimum atomic E-state index is -0.403. The first kappa shape index (κ1) is 10.8. The van der Waals surface area contributed by atoms with Gasteiger partial charge in [0.1, 0.15) is 23.9 Å². The van der Waals surface area contributed by atoms with Gasteiger partial charge in [0.25, 0.3) is 0 Å². The van der Waals surface area contributed by atoms with E-state index in [1.165, 1.54) is 13.3 Å². The fourth-order valence-corrected chi connectivity index (χ4v) is 1.72. The van der Waals surface area contributed by atoms with Crippen molar-refractivity contribution in [1.82, 2.24) is 15.2 Å². The summed E-state index contributed by atoms with van der Waals surface area (Å²) in [6.07, 6.45) is 1.39. The topological polar surface area (TPSA) is 58.6 Å². The smallest absolute Gasteiger partial charge is 0.144 e. The second-order valence-corrected chi connectivity index (χ2v) is 3.90. The standard InChI is InChI=1S/C11H10ClN3O/c1-7(16)10(11-13-6-14-15-11)8-2-4-9(12)5-3-8/h2-6,10H,1H3,(H,13,14,15). The van der Waals surface area contributed by atoms with Gasteiger partial charge < -0.3 is 0 Å². The maximum atomic E-state index is 11.6. The summed E-state index contributed by atoms with van der Waals surface area (Å²) in [5, 5.41) is 7.11. The highest BCUT2D eigenvalue weighted by atomic mass is 35.5. The van der Waals surface area contributed by atoms with Crippen LogP contribution in [0.4, 0.5) is 0 Å². The lowest BCUT2D eigenvalue weighted by Gasteiger charge is -2.10. The van der Waals surface area contributed by atoms with Crippen LogP contribution >= 0.6 is 11.6 Å². The molecular weight excluding hydrogens is 226 g/mol. The number of nitrogens with zero attached hydrogens (tertiary/aromatic N) is 2. The molecule has 4 nitrogen and oxygen atoms in total. The third-order valence-electron chi connectivity index (χ3n) is 2.32. The molecule has 2 rings (SSSR count). The van der Waals surface area contributed by atoms with Gasteiger partial charge in [-0.3, -0.25) is 9.89 Å². The molecule has 0 aliphatic heterocycles. The zero-order valence-corrected chi connectivity index (χ0v) is 9.40. The van der Waals surface area contributed by atoms with Gasteiger partial charge in [-0.15, -0.1) is 0 Å². The summed E-state index contributed by atoms with van der Waals surface area (Å²) in [6.45, 7) is 1.53. The Morgan fingerprint density at radius 3 is 2.56 bits per heavy atom. The molecule has 0 aliphatic carbocycles. The molecule has 0 aliphatic rings. The van der Waals surface area contributed by atoms with Crippen molar-refractivity contribution in [3.8, 4) is 0 Å². The average Bonchev–Trinajstić information content (AvgIpc) is 2.74. The molecule has 82 valence electrons. The predicted molar refractivity (Wildman–Crippen MR) is 60.4 cm³/mol. The molecule has 0 bridgehead atoms. The van der Waals surface area contributed by atoms with Crippen LogP contribution in [0.25, 0.3) is 0 Å². The fraction of sp³-hybridized carbons (Fsp3) is 0.182. The Morgan fingerprint density at radius 1 is 1.38 bits per heavy atom. The molecule has 16 heavy (non-hydrogen) atoms. The van der Waals surface area contributed by atoms with Gasteiger partial charge in [0.15, 0.2) is 0 Å². The Labute approximate surface area is 97.7 Å². The monoisotopic (exact) mass is 235 g/mol. The molecule has 1 atom stereocenters. The van der Waals surface area contributed by atoms with Crippen molar-refractivity contribution >= 4 is 17.4 Å². The summed E-state index contributed by atoms with van der Waals surface area (Å²) in [4.78, 5) is 15.6. The molecule has 2 aromatic rings. The van der Waals surface area contributed by atoms with Crippen LogP contribution in [-0.4, -0.2) is 21.0 Å². The number of hydrogen-bond donors (Lipinski definition) is 1. The number of rotatable bonds is 3. The van der Waals surface area contributed by atoms with E-state index in [1.54, 1.807) is 12.1 Å². The van der Waals surface area contributed by atoms with Crippen LogP contribution in [0.2, 0.25) is 5.02 Å². The van der Waals surface area contributed by atoms with E-state index in [4.69, 9.17) is 11.6 Å². The zero-order valence-electron chi connectivity index (χ0n) is 8.64. The largest absolute Gasteiger partial charge is 0.299 e. The van der Waals surface area contributed by atoms with E-state index >= 15 is 0 Å². The van der Waals surface area contributed by atoms with Gasteiger partial charge in [-0.25, -0.2) is 4.98 Å². The van der Waals surface area contributed by atoms with Crippen LogP contribution in [0.5, 0.6) is 0 Å². The summed E-state index contributed by atoms with van der Waals surface area (Å²) >= 11 is 5.80. The van der Waals surface area contributed by atoms with Crippen LogP contribution < -0.4 is 0 Å². The van der Waals surface area contributed by atoms with Crippen LogP contribution in [0.15, 0.2) is 30.6 Å². The number of aromatic nitrogens is 3. The van der Waals surface area contributed by atoms with Crippen molar-refractivity contribution < 1.29 is 4.79 Å². The Balaban J connectivity index is 2.41. The molecule has 0 saturated carbocycles. The molecular formula is C11H10ClN3O. The summed E-state index contributed by atoms with van der Waals surface area (Å²) in [5.41, 5.74) is 0.855. The highest BCUT2D eigenvalue weighted by Crippen LogP contribution is 2.23. The van der Waals surface area contributed by atoms with Crippen LogP contribution in [0, 0.1) is 0 Å². The highest BCUT2D eigenvalue weighted by Gasteiger charge is 2.21. The van der Waals surface area contributed by atoms with E-state index in [1.807, 2.05) is 12.1 Å². The fourth-order valence-electron chi connectivity index (χ4n) is 1.59. The van der Waals surface area contributed by atoms with Crippen molar-refractivity contribution in [2.75, 3.05) is 0 Å². The zero-order chi connectivity index (χ0) is 11.5. The van der Waals surface area contributed by atoms with Gasteiger partial charge in [0, 0.05) is 5.02 Å². The number of benzene rings is 1. The van der Waals surface area contributed by atoms with Crippen molar-refractivity contribution in [1.29, 1.82) is 0 Å². The van der Waals surface area contributed by atoms with Gasteiger partial charge in [-0.1, -0.05) is 23.7 Å². The SMILES string of the molecule is CC(=O)C(c1ccc(Cl)cc1)c1ncn[nH]1. The van der Waals surface area contributed by atoms with E-state index in [0.717, 1.165) is 5.56 Å². The quantitative estimate of drug-likeness (QED) is 0.887. The van der Waals surface area contributed by atoms with Crippen LogP contribution in [0.1, 0.15) is 24.2 Å². The first-order chi connectivity index (χ1) is 7.68. The first-order valence-corrected chi connectivity index (χ1v) is 5.17. The van der Waals surface area contributed by atoms with Crippen LogP contribution in [0.3, 0.4) is 0 Å². The Hall–Kier alpha value is -1.68. The first-order valence-electron chi connectivity index (χ1n) is 4.79. The Kier molecular flexibility index (Phi) is 3.01. The number of halogens is 1. The third-order valence-corrected chi connectivity index (χ3v) is 2.57. The normalized spacial score (nSPS) is 12.4. The molecule has 5 heteroatoms. The summed E-state index contributed by atoms with van der Waals surface area (Å²) in [7, 11) is 0. The number of carbonyl (C=O) groups excluding carboxylic acids is 1. The molecule has 1 aromatic carbocycles. The molecule has 0 fully saturated rings. The molecule has 0 saturated heterocycles. The Morgan fingerprint density at radius 2 is 2.06 bits per heavy atom. The molecule has 1 aromatic heterocycles. The molecule has 1 unspecified atom stereocenters. The van der Waals surface area contributed by atoms with Crippen molar-refractivity contribution in [3.63, 3.8) is 0 Å².